The molecule has 0 atom stereocenters. The summed E-state index contributed by atoms with van der Waals surface area (Å²) < 4.78 is 1.62. The molecule has 10 heteroatoms. The third-order valence-electron chi connectivity index (χ3n) is 3.70. The Morgan fingerprint density at radius 1 is 0.923 bits per heavy atom. The van der Waals surface area contributed by atoms with Crippen LogP contribution in [0.4, 0.5) is 4.79 Å². The molecule has 136 valence electrons. The summed E-state index contributed by atoms with van der Waals surface area (Å²) in [5.74, 6) is -2.30. The van der Waals surface area contributed by atoms with Gasteiger partial charge in [0.2, 0.25) is 0 Å². The lowest BCUT2D eigenvalue weighted by Gasteiger charge is -2.21. The first-order valence-corrected chi connectivity index (χ1v) is 7.32. The molecule has 2 rings (SSSR count). The first-order chi connectivity index (χ1) is 12.2. The van der Waals surface area contributed by atoms with Crippen LogP contribution in [0.25, 0.3) is 6.08 Å². The fraction of sp³-hybridized carbons (Fsp3) is 0.188. The minimum Gasteiger partial charge on any atom is -0.859 e. The number of amides is 4. The Hall–Kier alpha value is -3.69. The lowest BCUT2D eigenvalue weighted by Crippen LogP contribution is -2.52. The smallest absolute Gasteiger partial charge is 0.331 e. The number of likely N-dealkylation sites (N-methyl/N-ethyl adjacent to an activating group) is 1. The van der Waals surface area contributed by atoms with E-state index in [1.54, 1.807) is 0 Å². The largest absolute Gasteiger partial charge is 0.859 e. The molecule has 1 aliphatic rings. The molecule has 10 nitrogen and oxygen atoms in total. The number of nitrogens with zero attached hydrogens (tertiary/aromatic N) is 3. The molecule has 2 heterocycles. The summed E-state index contributed by atoms with van der Waals surface area (Å²) >= 11 is 0. The van der Waals surface area contributed by atoms with Gasteiger partial charge in [-0.1, -0.05) is 18.2 Å². The van der Waals surface area contributed by atoms with E-state index < -0.39 is 35.0 Å². The number of carbonyl (C=O) groups is 3. The lowest BCUT2D eigenvalue weighted by atomic mass is 10.1. The molecule has 1 aromatic rings. The molecule has 0 radical (unpaired) electrons. The Balaban J connectivity index is 2.26. The van der Waals surface area contributed by atoms with Crippen molar-refractivity contribution in [2.45, 2.75) is 0 Å². The highest BCUT2D eigenvalue weighted by Crippen LogP contribution is 2.09. The molecule has 4 amide bonds. The Kier molecular flexibility index (Phi) is 5.06. The van der Waals surface area contributed by atoms with E-state index in [4.69, 9.17) is 0 Å². The molecule has 0 unspecified atom stereocenters. The molecule has 0 bridgehead atoms. The van der Waals surface area contributed by atoms with Gasteiger partial charge in [-0.3, -0.25) is 29.2 Å². The molecule has 0 aromatic carbocycles. The number of allylic oxidation sites excluding steroid dienone is 4. The van der Waals surface area contributed by atoms with Gasteiger partial charge in [0, 0.05) is 26.7 Å². The van der Waals surface area contributed by atoms with E-state index in [1.165, 1.54) is 51.5 Å². The molecule has 0 saturated carbocycles. The Morgan fingerprint density at radius 3 is 2.23 bits per heavy atom. The monoisotopic (exact) mass is 359 g/mol. The Bertz CT molecular complexity index is 1010. The van der Waals surface area contributed by atoms with Gasteiger partial charge >= 0.3 is 11.7 Å². The molecule has 0 aliphatic carbocycles. The highest BCUT2D eigenvalue weighted by molar-refractivity contribution is 6.28. The summed E-state index contributed by atoms with van der Waals surface area (Å²) in [6.07, 6.45) is 6.48. The second kappa shape index (κ2) is 7.05. The number of barbiturate groups is 1. The number of carbonyl (C=O) groups excluding carboxylic acids is 3. The van der Waals surface area contributed by atoms with E-state index in [1.807, 2.05) is 5.32 Å². The molecular weight excluding hydrogens is 344 g/mol. The minimum absolute atomic E-state index is 0.205. The van der Waals surface area contributed by atoms with E-state index in [0.717, 1.165) is 14.0 Å². The predicted molar refractivity (Wildman–Crippen MR) is 88.9 cm³/mol. The zero-order valence-electron chi connectivity index (χ0n) is 14.2. The van der Waals surface area contributed by atoms with Crippen LogP contribution in [0.5, 0.6) is 5.88 Å². The zero-order valence-corrected chi connectivity index (χ0v) is 14.2. The Labute approximate surface area is 147 Å². The van der Waals surface area contributed by atoms with Gasteiger partial charge in [0.1, 0.15) is 5.57 Å². The number of urea groups is 1. The number of hydrogen-bond acceptors (Lipinski definition) is 6. The van der Waals surface area contributed by atoms with Crippen molar-refractivity contribution in [3.63, 3.8) is 0 Å². The van der Waals surface area contributed by atoms with Crippen LogP contribution < -0.4 is 21.7 Å². The third kappa shape index (κ3) is 3.24. The van der Waals surface area contributed by atoms with Gasteiger partial charge in [0.25, 0.3) is 17.4 Å². The van der Waals surface area contributed by atoms with Gasteiger partial charge in [-0.05, 0) is 18.0 Å². The third-order valence-corrected chi connectivity index (χ3v) is 3.70. The molecule has 26 heavy (non-hydrogen) atoms. The van der Waals surface area contributed by atoms with Crippen molar-refractivity contribution in [1.29, 1.82) is 0 Å². The summed E-state index contributed by atoms with van der Waals surface area (Å²) in [4.78, 5) is 59.0. The van der Waals surface area contributed by atoms with Crippen molar-refractivity contribution in [1.82, 2.24) is 19.4 Å². The van der Waals surface area contributed by atoms with Crippen LogP contribution in [-0.2, 0) is 23.7 Å². The highest BCUT2D eigenvalue weighted by Gasteiger charge is 2.32. The fourth-order valence-corrected chi connectivity index (χ4v) is 2.13. The molecule has 1 N–H and O–H groups in total. The van der Waals surface area contributed by atoms with Gasteiger partial charge in [-0.2, -0.15) is 0 Å². The zero-order chi connectivity index (χ0) is 19.6. The maximum Gasteiger partial charge on any atom is 0.331 e. The molecule has 1 saturated heterocycles. The highest BCUT2D eigenvalue weighted by atomic mass is 16.3. The normalized spacial score (nSPS) is 17.0. The van der Waals surface area contributed by atoms with Crippen LogP contribution in [0, 0.1) is 0 Å². The van der Waals surface area contributed by atoms with Crippen molar-refractivity contribution in [2.75, 3.05) is 7.05 Å². The maximum atomic E-state index is 12.0. The molecular formula is C16H15N4O6-. The minimum atomic E-state index is -0.819. The van der Waals surface area contributed by atoms with Gasteiger partial charge in [0.15, 0.2) is 0 Å². The maximum absolute atomic E-state index is 12.0. The average Bonchev–Trinajstić information content (AvgIpc) is 2.61. The van der Waals surface area contributed by atoms with Gasteiger partial charge in [0.05, 0.1) is 0 Å². The van der Waals surface area contributed by atoms with Crippen LogP contribution in [0.15, 0.2) is 39.5 Å². The molecule has 1 aliphatic heterocycles. The van der Waals surface area contributed by atoms with E-state index in [9.17, 15) is 29.1 Å². The first kappa shape index (κ1) is 18.6. The first-order valence-electron chi connectivity index (χ1n) is 7.32. The summed E-state index contributed by atoms with van der Waals surface area (Å²) in [7, 11) is 3.74. The van der Waals surface area contributed by atoms with Crippen molar-refractivity contribution < 1.29 is 19.5 Å². The van der Waals surface area contributed by atoms with E-state index >= 15 is 0 Å². The fourth-order valence-electron chi connectivity index (χ4n) is 2.13. The quantitative estimate of drug-likeness (QED) is 0.391. The lowest BCUT2D eigenvalue weighted by molar-refractivity contribution is -0.280. The summed E-state index contributed by atoms with van der Waals surface area (Å²) in [5.41, 5.74) is -1.90. The van der Waals surface area contributed by atoms with Gasteiger partial charge in [-0.25, -0.2) is 9.59 Å². The number of imide groups is 2. The Morgan fingerprint density at radius 2 is 1.58 bits per heavy atom. The molecule has 0 spiro atoms. The standard InChI is InChI=1S/C16H16N4O6/c1-18-12(22)9(11(21)17-15(18)25)7-5-4-6-8-10-13(23)19(2)16(26)20(3)14(10)24/h4-8,23H,1-3H3,(H,17,21,25)/p-1/b5-4+,8-6+,9-7-. The van der Waals surface area contributed by atoms with Crippen molar-refractivity contribution in [2.24, 2.45) is 14.1 Å². The number of rotatable bonds is 3. The second-order valence-corrected chi connectivity index (χ2v) is 5.37. The van der Waals surface area contributed by atoms with Crippen LogP contribution in [0.2, 0.25) is 0 Å². The average molecular weight is 359 g/mol. The van der Waals surface area contributed by atoms with E-state index in [-0.39, 0.29) is 11.1 Å². The topological polar surface area (TPSA) is 134 Å². The summed E-state index contributed by atoms with van der Waals surface area (Å²) in [6.45, 7) is 0. The van der Waals surface area contributed by atoms with Crippen LogP contribution in [0.3, 0.4) is 0 Å². The van der Waals surface area contributed by atoms with Crippen molar-refractivity contribution in [3.05, 3.63) is 56.3 Å². The van der Waals surface area contributed by atoms with Crippen molar-refractivity contribution in [3.8, 4) is 5.88 Å². The molecule has 1 aromatic heterocycles. The second-order valence-electron chi connectivity index (χ2n) is 5.37. The van der Waals surface area contributed by atoms with Crippen LogP contribution in [0.1, 0.15) is 5.56 Å². The SMILES string of the molecule is CN1C(=O)NC(=O)/C(=C/C=C/C=C/c2c([O-])n(C)c(=O)n(C)c2=O)C1=O. The number of aromatic nitrogens is 2. The number of nitrogens with one attached hydrogen (secondary N) is 1. The van der Waals surface area contributed by atoms with Crippen LogP contribution >= 0.6 is 0 Å². The number of hydrogen-bond donors (Lipinski definition) is 1. The van der Waals surface area contributed by atoms with Crippen molar-refractivity contribution >= 4 is 23.9 Å². The summed E-state index contributed by atoms with van der Waals surface area (Å²) in [5, 5.41) is 14.0. The van der Waals surface area contributed by atoms with Gasteiger partial charge < -0.3 is 9.67 Å². The van der Waals surface area contributed by atoms with E-state index in [2.05, 4.69) is 0 Å². The molecule has 1 fully saturated rings. The van der Waals surface area contributed by atoms with Gasteiger partial charge in [-0.15, -0.1) is 0 Å². The van der Waals surface area contributed by atoms with Crippen LogP contribution in [-0.4, -0.2) is 38.9 Å². The summed E-state index contributed by atoms with van der Waals surface area (Å²) in [6, 6.07) is -0.811. The van der Waals surface area contributed by atoms with E-state index in [0.29, 0.717) is 0 Å². The predicted octanol–water partition coefficient (Wildman–Crippen LogP) is -1.64.